The molecule has 0 saturated heterocycles. The third-order valence-corrected chi connectivity index (χ3v) is 2.56. The normalized spacial score (nSPS) is 11.6. The molecule has 0 aromatic heterocycles. The lowest BCUT2D eigenvalue weighted by atomic mass is 9.93. The predicted octanol–water partition coefficient (Wildman–Crippen LogP) is 0.483. The molecule has 0 heterocycles. The van der Waals surface area contributed by atoms with Gasteiger partial charge in [0.2, 0.25) is 5.91 Å². The number of amides is 1. The van der Waals surface area contributed by atoms with Gasteiger partial charge in [-0.3, -0.25) is 4.79 Å². The summed E-state index contributed by atoms with van der Waals surface area (Å²) in [5.74, 6) is 0.00475. The summed E-state index contributed by atoms with van der Waals surface area (Å²) in [6, 6.07) is 0. The van der Waals surface area contributed by atoms with Gasteiger partial charge < -0.3 is 20.1 Å². The van der Waals surface area contributed by atoms with Gasteiger partial charge in [-0.1, -0.05) is 13.8 Å². The number of nitrogens with two attached hydrogens (primary N) is 1. The Morgan fingerprint density at radius 3 is 2.47 bits per heavy atom. The number of carbonyl (C=O) groups is 1. The number of carbonyl (C=O) groups excluding carboxylic acids is 1. The molecule has 0 unspecified atom stereocenters. The van der Waals surface area contributed by atoms with Crippen molar-refractivity contribution in [2.45, 2.75) is 20.8 Å². The zero-order valence-electron chi connectivity index (χ0n) is 11.5. The van der Waals surface area contributed by atoms with E-state index >= 15 is 0 Å². The average molecular weight is 246 g/mol. The Hall–Kier alpha value is -0.650. The van der Waals surface area contributed by atoms with Crippen molar-refractivity contribution in [3.63, 3.8) is 0 Å². The van der Waals surface area contributed by atoms with Gasteiger partial charge in [0, 0.05) is 20.2 Å². The van der Waals surface area contributed by atoms with E-state index < -0.39 is 0 Å². The van der Waals surface area contributed by atoms with Crippen LogP contribution in [0.5, 0.6) is 0 Å². The van der Waals surface area contributed by atoms with Crippen LogP contribution in [-0.2, 0) is 14.3 Å². The first-order valence-electron chi connectivity index (χ1n) is 6.01. The molecule has 102 valence electrons. The number of likely N-dealkylation sites (N-methyl/N-ethyl adjacent to an activating group) is 1. The zero-order chi connectivity index (χ0) is 13.3. The zero-order valence-corrected chi connectivity index (χ0v) is 11.5. The van der Waals surface area contributed by atoms with E-state index in [2.05, 4.69) is 13.8 Å². The molecule has 0 aromatic carbocycles. The van der Waals surface area contributed by atoms with Crippen LogP contribution in [0.4, 0.5) is 0 Å². The van der Waals surface area contributed by atoms with Gasteiger partial charge in [0.25, 0.3) is 0 Å². The molecule has 0 aromatic rings. The largest absolute Gasteiger partial charge is 0.382 e. The van der Waals surface area contributed by atoms with Gasteiger partial charge in [0.15, 0.2) is 0 Å². The van der Waals surface area contributed by atoms with Crippen molar-refractivity contribution in [1.29, 1.82) is 0 Å². The van der Waals surface area contributed by atoms with E-state index in [1.54, 1.807) is 12.0 Å². The maximum atomic E-state index is 11.9. The Morgan fingerprint density at radius 2 is 2.00 bits per heavy atom. The van der Waals surface area contributed by atoms with Gasteiger partial charge in [-0.15, -0.1) is 0 Å². The minimum Gasteiger partial charge on any atom is -0.382 e. The van der Waals surface area contributed by atoms with Crippen LogP contribution < -0.4 is 5.73 Å². The summed E-state index contributed by atoms with van der Waals surface area (Å²) >= 11 is 0. The third kappa shape index (κ3) is 7.31. The molecule has 0 bridgehead atoms. The van der Waals surface area contributed by atoms with Gasteiger partial charge in [-0.25, -0.2) is 0 Å². The molecule has 5 heteroatoms. The standard InChI is InChI=1S/C12H26N2O3/c1-5-14(10-12(2,3)9-13)11(15)8-17-7-6-16-4/h5-10,13H2,1-4H3. The lowest BCUT2D eigenvalue weighted by Gasteiger charge is -2.31. The maximum absolute atomic E-state index is 11.9. The second-order valence-corrected chi connectivity index (χ2v) is 4.82. The van der Waals surface area contributed by atoms with Crippen molar-refractivity contribution >= 4 is 5.91 Å². The fraction of sp³-hybridized carbons (Fsp3) is 0.917. The molecule has 0 aliphatic heterocycles. The molecule has 1 amide bonds. The highest BCUT2D eigenvalue weighted by Crippen LogP contribution is 2.14. The van der Waals surface area contributed by atoms with E-state index in [4.69, 9.17) is 15.2 Å². The van der Waals surface area contributed by atoms with Crippen LogP contribution in [0.3, 0.4) is 0 Å². The van der Waals surface area contributed by atoms with Crippen molar-refractivity contribution in [3.8, 4) is 0 Å². The van der Waals surface area contributed by atoms with E-state index in [0.717, 1.165) is 0 Å². The molecule has 0 saturated carbocycles. The van der Waals surface area contributed by atoms with Crippen molar-refractivity contribution in [2.75, 3.05) is 46.6 Å². The van der Waals surface area contributed by atoms with Crippen molar-refractivity contribution in [3.05, 3.63) is 0 Å². The topological polar surface area (TPSA) is 64.8 Å². The summed E-state index contributed by atoms with van der Waals surface area (Å²) < 4.78 is 10.1. The number of methoxy groups -OCH3 is 1. The molecule has 0 rings (SSSR count). The van der Waals surface area contributed by atoms with Gasteiger partial charge in [-0.05, 0) is 18.9 Å². The fourth-order valence-electron chi connectivity index (χ4n) is 1.35. The molecular weight excluding hydrogens is 220 g/mol. The molecule has 0 spiro atoms. The average Bonchev–Trinajstić information content (AvgIpc) is 2.31. The highest BCUT2D eigenvalue weighted by Gasteiger charge is 2.22. The number of nitrogens with zero attached hydrogens (tertiary/aromatic N) is 1. The second kappa shape index (κ2) is 8.44. The number of ether oxygens (including phenoxy) is 2. The summed E-state index contributed by atoms with van der Waals surface area (Å²) in [6.07, 6.45) is 0. The first-order valence-corrected chi connectivity index (χ1v) is 6.01. The van der Waals surface area contributed by atoms with Crippen LogP contribution in [-0.4, -0.2) is 57.4 Å². The van der Waals surface area contributed by atoms with Crippen LogP contribution in [0.1, 0.15) is 20.8 Å². The van der Waals surface area contributed by atoms with E-state index in [9.17, 15) is 4.79 Å². The van der Waals surface area contributed by atoms with E-state index in [0.29, 0.717) is 32.8 Å². The van der Waals surface area contributed by atoms with Crippen LogP contribution in [0.15, 0.2) is 0 Å². The van der Waals surface area contributed by atoms with Crippen molar-refractivity contribution in [2.24, 2.45) is 11.1 Å². The molecule has 5 nitrogen and oxygen atoms in total. The van der Waals surface area contributed by atoms with Crippen molar-refractivity contribution < 1.29 is 14.3 Å². The lowest BCUT2D eigenvalue weighted by Crippen LogP contribution is -2.43. The molecule has 0 aliphatic rings. The summed E-state index contributed by atoms with van der Waals surface area (Å²) in [6.45, 7) is 9.01. The third-order valence-electron chi connectivity index (χ3n) is 2.56. The summed E-state index contributed by atoms with van der Waals surface area (Å²) in [7, 11) is 1.60. The summed E-state index contributed by atoms with van der Waals surface area (Å²) in [5.41, 5.74) is 5.61. The Labute approximate surface area is 104 Å². The molecule has 0 aliphatic carbocycles. The molecule has 0 fully saturated rings. The minimum absolute atomic E-state index is 0.00475. The van der Waals surface area contributed by atoms with Crippen LogP contribution >= 0.6 is 0 Å². The van der Waals surface area contributed by atoms with Gasteiger partial charge in [0.05, 0.1) is 13.2 Å². The monoisotopic (exact) mass is 246 g/mol. The van der Waals surface area contributed by atoms with Crippen LogP contribution in [0.2, 0.25) is 0 Å². The van der Waals surface area contributed by atoms with Crippen LogP contribution in [0, 0.1) is 5.41 Å². The highest BCUT2D eigenvalue weighted by atomic mass is 16.5. The van der Waals surface area contributed by atoms with E-state index in [1.165, 1.54) is 0 Å². The van der Waals surface area contributed by atoms with Crippen LogP contribution in [0.25, 0.3) is 0 Å². The van der Waals surface area contributed by atoms with Gasteiger partial charge >= 0.3 is 0 Å². The molecule has 2 N–H and O–H groups in total. The molecule has 17 heavy (non-hydrogen) atoms. The Morgan fingerprint density at radius 1 is 1.35 bits per heavy atom. The quantitative estimate of drug-likeness (QED) is 0.601. The Balaban J connectivity index is 4.04. The van der Waals surface area contributed by atoms with Gasteiger partial charge in [0.1, 0.15) is 6.61 Å². The smallest absolute Gasteiger partial charge is 0.248 e. The molecule has 0 radical (unpaired) electrons. The highest BCUT2D eigenvalue weighted by molar-refractivity contribution is 5.77. The first kappa shape index (κ1) is 16.4. The summed E-state index contributed by atoms with van der Waals surface area (Å²) in [5, 5.41) is 0. The molecular formula is C12H26N2O3. The van der Waals surface area contributed by atoms with E-state index in [-0.39, 0.29) is 17.9 Å². The maximum Gasteiger partial charge on any atom is 0.248 e. The fourth-order valence-corrected chi connectivity index (χ4v) is 1.35. The van der Waals surface area contributed by atoms with Crippen molar-refractivity contribution in [1.82, 2.24) is 4.90 Å². The van der Waals surface area contributed by atoms with E-state index in [1.807, 2.05) is 6.92 Å². The number of rotatable bonds is 9. The lowest BCUT2D eigenvalue weighted by molar-refractivity contribution is -0.137. The predicted molar refractivity (Wildman–Crippen MR) is 67.8 cm³/mol. The minimum atomic E-state index is -0.0573. The SMILES string of the molecule is CCN(CC(C)(C)CN)C(=O)COCCOC. The van der Waals surface area contributed by atoms with Gasteiger partial charge in [-0.2, -0.15) is 0 Å². The first-order chi connectivity index (χ1) is 7.96. The molecule has 0 atom stereocenters. The number of hydrogen-bond acceptors (Lipinski definition) is 4. The summed E-state index contributed by atoms with van der Waals surface area (Å²) in [4.78, 5) is 13.6. The Kier molecular flexibility index (Phi) is 8.12. The number of hydrogen-bond donors (Lipinski definition) is 1. The Bertz CT molecular complexity index is 220. The second-order valence-electron chi connectivity index (χ2n) is 4.82.